The van der Waals surface area contributed by atoms with Crippen LogP contribution < -0.4 is 10.2 Å². The van der Waals surface area contributed by atoms with Crippen molar-refractivity contribution in [2.75, 3.05) is 36.4 Å². The summed E-state index contributed by atoms with van der Waals surface area (Å²) >= 11 is 6.31. The van der Waals surface area contributed by atoms with Crippen LogP contribution in [0, 0.1) is 6.92 Å². The van der Waals surface area contributed by atoms with Crippen molar-refractivity contribution in [1.29, 1.82) is 0 Å². The Balaban J connectivity index is 1.68. The maximum Gasteiger partial charge on any atom is 0.321 e. The average molecular weight is 386 g/mol. The summed E-state index contributed by atoms with van der Waals surface area (Å²) in [5, 5.41) is 3.92. The van der Waals surface area contributed by atoms with E-state index in [1.165, 1.54) is 0 Å². The van der Waals surface area contributed by atoms with Crippen molar-refractivity contribution in [3.8, 4) is 0 Å². The Hall–Kier alpha value is -2.20. The van der Waals surface area contributed by atoms with Crippen LogP contribution in [0.25, 0.3) is 0 Å². The molecule has 0 bridgehead atoms. The zero-order valence-corrected chi connectivity index (χ0v) is 17.3. The number of benzene rings is 2. The predicted octanol–water partition coefficient (Wildman–Crippen LogP) is 5.30. The Bertz CT molecular complexity index is 821. The maximum atomic E-state index is 12.9. The Labute approximate surface area is 167 Å². The number of halogens is 1. The van der Waals surface area contributed by atoms with Gasteiger partial charge in [0.05, 0.1) is 10.7 Å². The van der Waals surface area contributed by atoms with Gasteiger partial charge in [0.2, 0.25) is 0 Å². The van der Waals surface area contributed by atoms with Gasteiger partial charge in [0.15, 0.2) is 0 Å². The van der Waals surface area contributed by atoms with E-state index in [0.29, 0.717) is 13.1 Å². The molecule has 0 unspecified atom stereocenters. The third-order valence-electron chi connectivity index (χ3n) is 5.07. The molecule has 2 aromatic carbocycles. The first-order valence-electron chi connectivity index (χ1n) is 9.43. The van der Waals surface area contributed by atoms with Crippen molar-refractivity contribution in [2.24, 2.45) is 0 Å². The third-order valence-corrected chi connectivity index (χ3v) is 5.39. The van der Waals surface area contributed by atoms with E-state index in [1.54, 1.807) is 0 Å². The smallest absolute Gasteiger partial charge is 0.321 e. The van der Waals surface area contributed by atoms with Crippen LogP contribution in [0.2, 0.25) is 5.02 Å². The Kier molecular flexibility index (Phi) is 5.66. The van der Waals surface area contributed by atoms with E-state index in [0.717, 1.165) is 40.6 Å². The third kappa shape index (κ3) is 4.38. The summed E-state index contributed by atoms with van der Waals surface area (Å²) in [4.78, 5) is 17.0. The number of para-hydroxylation sites is 2. The molecule has 1 saturated heterocycles. The van der Waals surface area contributed by atoms with E-state index in [-0.39, 0.29) is 11.4 Å². The van der Waals surface area contributed by atoms with Crippen molar-refractivity contribution < 1.29 is 4.79 Å². The largest absolute Gasteiger partial charge is 0.367 e. The number of amides is 2. The van der Waals surface area contributed by atoms with Crippen LogP contribution in [0.1, 0.15) is 31.9 Å². The standard InChI is InChI=1S/C22H28ClN3O/c1-16-8-7-9-17(22(2,3)4)20(16)24-21(27)26-14-12-25(13-15-26)19-11-6-5-10-18(19)23/h5-11H,12-15H2,1-4H3,(H,24,27). The number of piperazine rings is 1. The lowest BCUT2D eigenvalue weighted by molar-refractivity contribution is 0.208. The lowest BCUT2D eigenvalue weighted by Gasteiger charge is -2.36. The number of carbonyl (C=O) groups is 1. The molecule has 0 spiro atoms. The van der Waals surface area contributed by atoms with Crippen molar-refractivity contribution in [3.05, 3.63) is 58.6 Å². The lowest BCUT2D eigenvalue weighted by atomic mass is 9.84. The van der Waals surface area contributed by atoms with Gasteiger partial charge < -0.3 is 15.1 Å². The minimum absolute atomic E-state index is 0.0304. The van der Waals surface area contributed by atoms with Crippen LogP contribution >= 0.6 is 11.6 Å². The van der Waals surface area contributed by atoms with E-state index in [2.05, 4.69) is 37.1 Å². The first-order valence-corrected chi connectivity index (χ1v) is 9.80. The van der Waals surface area contributed by atoms with Gasteiger partial charge in [0.25, 0.3) is 0 Å². The second kappa shape index (κ2) is 7.81. The monoisotopic (exact) mass is 385 g/mol. The van der Waals surface area contributed by atoms with E-state index in [9.17, 15) is 4.79 Å². The molecule has 1 fully saturated rings. The molecule has 0 atom stereocenters. The summed E-state index contributed by atoms with van der Waals surface area (Å²) in [6.45, 7) is 11.4. The van der Waals surface area contributed by atoms with Gasteiger partial charge in [0.1, 0.15) is 0 Å². The van der Waals surface area contributed by atoms with E-state index < -0.39 is 0 Å². The van der Waals surface area contributed by atoms with Crippen molar-refractivity contribution in [3.63, 3.8) is 0 Å². The van der Waals surface area contributed by atoms with Crippen LogP contribution in [0.3, 0.4) is 0 Å². The highest BCUT2D eigenvalue weighted by molar-refractivity contribution is 6.33. The summed E-state index contributed by atoms with van der Waals surface area (Å²) in [5.41, 5.74) is 4.19. The number of carbonyl (C=O) groups excluding carboxylic acids is 1. The number of hydrogen-bond acceptors (Lipinski definition) is 2. The highest BCUT2D eigenvalue weighted by atomic mass is 35.5. The minimum Gasteiger partial charge on any atom is -0.367 e. The first-order chi connectivity index (χ1) is 12.8. The lowest BCUT2D eigenvalue weighted by Crippen LogP contribution is -2.50. The molecule has 0 saturated carbocycles. The average Bonchev–Trinajstić information content (AvgIpc) is 2.63. The van der Waals surface area contributed by atoms with Gasteiger partial charge in [-0.15, -0.1) is 0 Å². The molecule has 144 valence electrons. The van der Waals surface area contributed by atoms with Crippen molar-refractivity contribution in [2.45, 2.75) is 33.1 Å². The van der Waals surface area contributed by atoms with Crippen LogP contribution in [0.15, 0.2) is 42.5 Å². The van der Waals surface area contributed by atoms with Gasteiger partial charge in [-0.2, -0.15) is 0 Å². The first kappa shape index (κ1) is 19.6. The van der Waals surface area contributed by atoms with Crippen LogP contribution in [0.4, 0.5) is 16.2 Å². The number of rotatable bonds is 2. The summed E-state index contributed by atoms with van der Waals surface area (Å²) < 4.78 is 0. The summed E-state index contributed by atoms with van der Waals surface area (Å²) in [5.74, 6) is 0. The summed E-state index contributed by atoms with van der Waals surface area (Å²) in [6.07, 6.45) is 0. The number of nitrogens with one attached hydrogen (secondary N) is 1. The quantitative estimate of drug-likeness (QED) is 0.761. The molecule has 0 radical (unpaired) electrons. The summed E-state index contributed by atoms with van der Waals surface area (Å²) in [7, 11) is 0. The maximum absolute atomic E-state index is 12.9. The summed E-state index contributed by atoms with van der Waals surface area (Å²) in [6, 6.07) is 14.0. The predicted molar refractivity (Wildman–Crippen MR) is 114 cm³/mol. The zero-order valence-electron chi connectivity index (χ0n) is 16.6. The highest BCUT2D eigenvalue weighted by Crippen LogP contribution is 2.32. The van der Waals surface area contributed by atoms with Gasteiger partial charge in [-0.3, -0.25) is 0 Å². The van der Waals surface area contributed by atoms with Gasteiger partial charge in [-0.1, -0.05) is 62.7 Å². The molecule has 4 nitrogen and oxygen atoms in total. The molecule has 0 aliphatic carbocycles. The van der Waals surface area contributed by atoms with Crippen LogP contribution in [-0.4, -0.2) is 37.1 Å². The SMILES string of the molecule is Cc1cccc(C(C)(C)C)c1NC(=O)N1CCN(c2ccccc2Cl)CC1. The number of aryl methyl sites for hydroxylation is 1. The Morgan fingerprint density at radius 1 is 1.00 bits per heavy atom. The number of urea groups is 1. The fourth-order valence-corrected chi connectivity index (χ4v) is 3.76. The van der Waals surface area contributed by atoms with Crippen LogP contribution in [-0.2, 0) is 5.41 Å². The minimum atomic E-state index is -0.0337. The Morgan fingerprint density at radius 2 is 1.67 bits per heavy atom. The molecule has 1 heterocycles. The molecule has 1 aliphatic heterocycles. The molecule has 1 aliphatic rings. The molecular formula is C22H28ClN3O. The van der Waals surface area contributed by atoms with E-state index >= 15 is 0 Å². The molecule has 3 rings (SSSR count). The molecular weight excluding hydrogens is 358 g/mol. The second-order valence-electron chi connectivity index (χ2n) is 8.10. The van der Waals surface area contributed by atoms with E-state index in [1.807, 2.05) is 48.2 Å². The fourth-order valence-electron chi connectivity index (χ4n) is 3.50. The number of hydrogen-bond donors (Lipinski definition) is 1. The normalized spacial score (nSPS) is 15.0. The molecule has 1 N–H and O–H groups in total. The molecule has 27 heavy (non-hydrogen) atoms. The molecule has 0 aromatic heterocycles. The topological polar surface area (TPSA) is 35.6 Å². The van der Waals surface area contributed by atoms with Gasteiger partial charge in [0, 0.05) is 31.9 Å². The number of anilines is 2. The van der Waals surface area contributed by atoms with Crippen molar-refractivity contribution >= 4 is 29.0 Å². The zero-order chi connectivity index (χ0) is 19.6. The van der Waals surface area contributed by atoms with Crippen LogP contribution in [0.5, 0.6) is 0 Å². The molecule has 2 amide bonds. The molecule has 2 aromatic rings. The van der Waals surface area contributed by atoms with Crippen molar-refractivity contribution in [1.82, 2.24) is 4.90 Å². The van der Waals surface area contributed by atoms with E-state index in [4.69, 9.17) is 11.6 Å². The molecule has 5 heteroatoms. The Morgan fingerprint density at radius 3 is 2.30 bits per heavy atom. The second-order valence-corrected chi connectivity index (χ2v) is 8.51. The van der Waals surface area contributed by atoms with Gasteiger partial charge in [-0.25, -0.2) is 4.79 Å². The number of nitrogens with zero attached hydrogens (tertiary/aromatic N) is 2. The van der Waals surface area contributed by atoms with Gasteiger partial charge in [-0.05, 0) is 35.6 Å². The van der Waals surface area contributed by atoms with Gasteiger partial charge >= 0.3 is 6.03 Å². The highest BCUT2D eigenvalue weighted by Gasteiger charge is 2.25. The fraction of sp³-hybridized carbons (Fsp3) is 0.409.